The summed E-state index contributed by atoms with van der Waals surface area (Å²) in [5.41, 5.74) is 11.0. The van der Waals surface area contributed by atoms with E-state index in [2.05, 4.69) is 38.0 Å². The van der Waals surface area contributed by atoms with Gasteiger partial charge in [-0.1, -0.05) is 20.8 Å². The summed E-state index contributed by atoms with van der Waals surface area (Å²) < 4.78 is 0. The molecule has 0 aromatic heterocycles. The van der Waals surface area contributed by atoms with E-state index in [4.69, 9.17) is 11.5 Å². The van der Waals surface area contributed by atoms with Crippen molar-refractivity contribution in [2.45, 2.75) is 20.8 Å². The van der Waals surface area contributed by atoms with Crippen LogP contribution in [0.15, 0.2) is 0 Å². The number of nitrogens with two attached hydrogens (primary N) is 2. The van der Waals surface area contributed by atoms with Crippen LogP contribution >= 0.6 is 0 Å². The molecule has 0 fully saturated rings. The first-order valence-corrected chi connectivity index (χ1v) is 10.9. The van der Waals surface area contributed by atoms with Crippen LogP contribution in [0.25, 0.3) is 0 Å². The van der Waals surface area contributed by atoms with Crippen molar-refractivity contribution in [3.63, 3.8) is 0 Å². The zero-order valence-corrected chi connectivity index (χ0v) is 18.7. The maximum Gasteiger partial charge on any atom is 0.0110 e. The molecule has 0 saturated heterocycles. The number of hydrogen-bond donors (Lipinski definition) is 6. The van der Waals surface area contributed by atoms with E-state index in [-0.39, 0.29) is 0 Å². The molecule has 166 valence electrons. The quantitative estimate of drug-likeness (QED) is 0.140. The van der Waals surface area contributed by atoms with E-state index in [9.17, 15) is 0 Å². The van der Waals surface area contributed by atoms with E-state index in [0.717, 1.165) is 85.1 Å². The number of nitrogens with zero attached hydrogens (tertiary/aromatic N) is 2. The summed E-state index contributed by atoms with van der Waals surface area (Å²) in [5, 5.41) is 13.4. The van der Waals surface area contributed by atoms with Crippen LogP contribution in [0.5, 0.6) is 0 Å². The Morgan fingerprint density at radius 2 is 1.04 bits per heavy atom. The Bertz CT molecular complexity index is 256. The van der Waals surface area contributed by atoms with Gasteiger partial charge in [-0.15, -0.1) is 0 Å². The van der Waals surface area contributed by atoms with Crippen molar-refractivity contribution in [2.75, 3.05) is 105 Å². The number of rotatable bonds is 20. The van der Waals surface area contributed by atoms with Crippen molar-refractivity contribution in [3.05, 3.63) is 0 Å². The van der Waals surface area contributed by atoms with Crippen LogP contribution in [0, 0.1) is 0 Å². The molecule has 0 aliphatic carbocycles. The molecule has 0 atom stereocenters. The smallest absolute Gasteiger partial charge is 0.0110 e. The highest BCUT2D eigenvalue weighted by molar-refractivity contribution is 4.66. The molecule has 27 heavy (non-hydrogen) atoms. The lowest BCUT2D eigenvalue weighted by molar-refractivity contribution is 0.210. The SMILES string of the molecule is CC.CCN(CCNCCNCCN)CCN(CCNC)CCNCCN. The van der Waals surface area contributed by atoms with Crippen LogP contribution in [-0.4, -0.2) is 115 Å². The molecule has 0 bridgehead atoms. The molecule has 0 aromatic rings. The van der Waals surface area contributed by atoms with E-state index in [1.165, 1.54) is 0 Å². The molecule has 0 aromatic carbocycles. The van der Waals surface area contributed by atoms with Crippen LogP contribution in [0.2, 0.25) is 0 Å². The van der Waals surface area contributed by atoms with Gasteiger partial charge < -0.3 is 37.6 Å². The molecule has 8 heteroatoms. The van der Waals surface area contributed by atoms with Crippen LogP contribution in [-0.2, 0) is 0 Å². The van der Waals surface area contributed by atoms with Crippen LogP contribution in [0.1, 0.15) is 20.8 Å². The van der Waals surface area contributed by atoms with Crippen LogP contribution < -0.4 is 32.7 Å². The summed E-state index contributed by atoms with van der Waals surface area (Å²) in [6.07, 6.45) is 0. The number of hydrogen-bond acceptors (Lipinski definition) is 8. The van der Waals surface area contributed by atoms with Crippen molar-refractivity contribution < 1.29 is 0 Å². The molecule has 0 aliphatic heterocycles. The normalized spacial score (nSPS) is 11.1. The lowest BCUT2D eigenvalue weighted by Gasteiger charge is -2.27. The predicted octanol–water partition coefficient (Wildman–Crippen LogP) is -1.46. The Morgan fingerprint density at radius 1 is 0.593 bits per heavy atom. The van der Waals surface area contributed by atoms with Gasteiger partial charge >= 0.3 is 0 Å². The Hall–Kier alpha value is -0.320. The van der Waals surface area contributed by atoms with Gasteiger partial charge in [0.25, 0.3) is 0 Å². The maximum atomic E-state index is 5.53. The summed E-state index contributed by atoms with van der Waals surface area (Å²) in [7, 11) is 2.01. The zero-order chi connectivity index (χ0) is 20.6. The average molecular weight is 391 g/mol. The molecular formula is C19H50N8. The summed E-state index contributed by atoms with van der Waals surface area (Å²) in [6.45, 7) is 21.1. The van der Waals surface area contributed by atoms with Gasteiger partial charge in [0.05, 0.1) is 0 Å². The monoisotopic (exact) mass is 390 g/mol. The van der Waals surface area contributed by atoms with Crippen LogP contribution in [0.4, 0.5) is 0 Å². The van der Waals surface area contributed by atoms with Crippen molar-refractivity contribution in [1.29, 1.82) is 0 Å². The lowest BCUT2D eigenvalue weighted by atomic mass is 10.3. The summed E-state index contributed by atoms with van der Waals surface area (Å²) in [4.78, 5) is 5.03. The molecule has 0 aliphatic rings. The van der Waals surface area contributed by atoms with Gasteiger partial charge in [0, 0.05) is 91.6 Å². The number of likely N-dealkylation sites (N-methyl/N-ethyl adjacent to an activating group) is 2. The lowest BCUT2D eigenvalue weighted by Crippen LogP contribution is -2.43. The fourth-order valence-corrected chi connectivity index (χ4v) is 2.55. The molecule has 0 radical (unpaired) electrons. The molecule has 0 spiro atoms. The largest absolute Gasteiger partial charge is 0.329 e. The second kappa shape index (κ2) is 25.7. The maximum absolute atomic E-state index is 5.53. The zero-order valence-electron chi connectivity index (χ0n) is 18.7. The van der Waals surface area contributed by atoms with E-state index in [1.807, 2.05) is 20.9 Å². The third-order valence-corrected chi connectivity index (χ3v) is 4.19. The predicted molar refractivity (Wildman–Crippen MR) is 121 cm³/mol. The van der Waals surface area contributed by atoms with Crippen molar-refractivity contribution in [2.24, 2.45) is 11.5 Å². The van der Waals surface area contributed by atoms with E-state index in [1.54, 1.807) is 0 Å². The third kappa shape index (κ3) is 21.8. The van der Waals surface area contributed by atoms with Crippen LogP contribution in [0.3, 0.4) is 0 Å². The summed E-state index contributed by atoms with van der Waals surface area (Å²) in [6, 6.07) is 0. The standard InChI is InChI=1S/C17H44N8.C2H6/c1-3-24(14-11-23-9-8-21-6-4-18)16-17-25(13-10-20-2)15-12-22-7-5-19;1-2/h20-23H,3-19H2,1-2H3;1-2H3. The highest BCUT2D eigenvalue weighted by Gasteiger charge is 2.07. The first-order valence-electron chi connectivity index (χ1n) is 10.9. The fourth-order valence-electron chi connectivity index (χ4n) is 2.55. The van der Waals surface area contributed by atoms with Gasteiger partial charge in [0.1, 0.15) is 0 Å². The molecule has 0 unspecified atom stereocenters. The third-order valence-electron chi connectivity index (χ3n) is 4.19. The van der Waals surface area contributed by atoms with E-state index >= 15 is 0 Å². The highest BCUT2D eigenvalue weighted by Crippen LogP contribution is 1.92. The van der Waals surface area contributed by atoms with Gasteiger partial charge in [-0.05, 0) is 13.6 Å². The molecule has 0 rings (SSSR count). The van der Waals surface area contributed by atoms with E-state index in [0.29, 0.717) is 13.1 Å². The van der Waals surface area contributed by atoms with Crippen molar-refractivity contribution >= 4 is 0 Å². The van der Waals surface area contributed by atoms with Gasteiger partial charge in [-0.2, -0.15) is 0 Å². The Labute approximate surface area is 169 Å². The van der Waals surface area contributed by atoms with Gasteiger partial charge in [0.15, 0.2) is 0 Å². The average Bonchev–Trinajstić information content (AvgIpc) is 2.71. The van der Waals surface area contributed by atoms with Crippen molar-refractivity contribution in [1.82, 2.24) is 31.1 Å². The van der Waals surface area contributed by atoms with E-state index < -0.39 is 0 Å². The Morgan fingerprint density at radius 3 is 1.56 bits per heavy atom. The topological polar surface area (TPSA) is 107 Å². The van der Waals surface area contributed by atoms with Gasteiger partial charge in [0.2, 0.25) is 0 Å². The summed E-state index contributed by atoms with van der Waals surface area (Å²) >= 11 is 0. The van der Waals surface area contributed by atoms with Gasteiger partial charge in [-0.3, -0.25) is 4.90 Å². The first kappa shape index (κ1) is 28.9. The fraction of sp³-hybridized carbons (Fsp3) is 1.00. The van der Waals surface area contributed by atoms with Crippen molar-refractivity contribution in [3.8, 4) is 0 Å². The molecule has 0 amide bonds. The molecule has 0 saturated carbocycles. The molecule has 0 heterocycles. The minimum absolute atomic E-state index is 0.703. The van der Waals surface area contributed by atoms with Gasteiger partial charge in [-0.25, -0.2) is 0 Å². The first-order chi connectivity index (χ1) is 13.3. The minimum atomic E-state index is 0.703. The molecule has 8 N–H and O–H groups in total. The Balaban J connectivity index is 0. The second-order valence-electron chi connectivity index (χ2n) is 6.21. The molecule has 8 nitrogen and oxygen atoms in total. The summed E-state index contributed by atoms with van der Waals surface area (Å²) in [5.74, 6) is 0. The molecular weight excluding hydrogens is 340 g/mol. The minimum Gasteiger partial charge on any atom is -0.329 e. The Kier molecular flexibility index (Phi) is 27.5. The highest BCUT2D eigenvalue weighted by atomic mass is 15.2. The second-order valence-corrected chi connectivity index (χ2v) is 6.21. The number of nitrogens with one attached hydrogen (secondary N) is 4.